The summed E-state index contributed by atoms with van der Waals surface area (Å²) in [5.74, 6) is 0.530. The van der Waals surface area contributed by atoms with E-state index in [0.29, 0.717) is 25.0 Å². The van der Waals surface area contributed by atoms with Crippen molar-refractivity contribution in [2.75, 3.05) is 26.7 Å². The van der Waals surface area contributed by atoms with E-state index >= 15 is 0 Å². The Labute approximate surface area is 159 Å². The van der Waals surface area contributed by atoms with E-state index in [0.717, 1.165) is 38.8 Å². The van der Waals surface area contributed by atoms with Crippen LogP contribution in [-0.4, -0.2) is 55.2 Å². The first kappa shape index (κ1) is 23.9. The Morgan fingerprint density at radius 3 is 2.33 bits per heavy atom. The molecule has 24 heavy (non-hydrogen) atoms. The minimum atomic E-state index is -0.00777. The van der Waals surface area contributed by atoms with E-state index in [2.05, 4.69) is 24.1 Å². The van der Waals surface area contributed by atoms with Gasteiger partial charge < -0.3 is 15.8 Å². The maximum atomic E-state index is 12.2. The quantitative estimate of drug-likeness (QED) is 0.738. The second kappa shape index (κ2) is 10.8. The maximum Gasteiger partial charge on any atom is 0.220 e. The first-order valence-corrected chi connectivity index (χ1v) is 8.72. The van der Waals surface area contributed by atoms with Crippen molar-refractivity contribution in [3.8, 4) is 0 Å². The molecule has 0 radical (unpaired) electrons. The van der Waals surface area contributed by atoms with Crippen LogP contribution in [0.3, 0.4) is 0 Å². The lowest BCUT2D eigenvalue weighted by atomic mass is 9.96. The van der Waals surface area contributed by atoms with Gasteiger partial charge in [0.2, 0.25) is 5.91 Å². The first-order chi connectivity index (χ1) is 10.4. The predicted octanol–water partition coefficient (Wildman–Crippen LogP) is 2.35. The van der Waals surface area contributed by atoms with Crippen LogP contribution in [0.1, 0.15) is 52.4 Å². The highest BCUT2D eigenvalue weighted by atomic mass is 35.5. The number of hydrogen-bond acceptors (Lipinski definition) is 4. The Balaban J connectivity index is 0.00000264. The molecule has 1 amide bonds. The SMILES string of the molecule is COC1CCN(C(C)(C)CNC(=O)C[C@@H]2CCC[C@H]2N)CC1.Cl.Cl. The third-order valence-electron chi connectivity index (χ3n) is 5.52. The normalized spacial score (nSPS) is 25.7. The molecule has 3 N–H and O–H groups in total. The van der Waals surface area contributed by atoms with Crippen molar-refractivity contribution in [3.63, 3.8) is 0 Å². The fraction of sp³-hybridized carbons (Fsp3) is 0.941. The molecule has 0 spiro atoms. The van der Waals surface area contributed by atoms with Crippen molar-refractivity contribution in [3.05, 3.63) is 0 Å². The van der Waals surface area contributed by atoms with E-state index < -0.39 is 0 Å². The molecule has 0 unspecified atom stereocenters. The van der Waals surface area contributed by atoms with E-state index in [1.807, 2.05) is 0 Å². The Bertz CT molecular complexity index is 375. The van der Waals surface area contributed by atoms with Gasteiger partial charge in [-0.2, -0.15) is 0 Å². The molecule has 2 rings (SSSR count). The molecule has 1 saturated heterocycles. The molecule has 5 nitrogen and oxygen atoms in total. The highest BCUT2D eigenvalue weighted by Crippen LogP contribution is 2.27. The minimum Gasteiger partial charge on any atom is -0.381 e. The lowest BCUT2D eigenvalue weighted by Crippen LogP contribution is -2.55. The molecule has 0 aromatic heterocycles. The number of carbonyl (C=O) groups excluding carboxylic acids is 1. The van der Waals surface area contributed by atoms with Gasteiger partial charge in [-0.25, -0.2) is 0 Å². The Morgan fingerprint density at radius 2 is 1.83 bits per heavy atom. The monoisotopic (exact) mass is 383 g/mol. The summed E-state index contributed by atoms with van der Waals surface area (Å²) in [4.78, 5) is 14.6. The number of hydrogen-bond donors (Lipinski definition) is 2. The van der Waals surface area contributed by atoms with E-state index in [-0.39, 0.29) is 42.3 Å². The van der Waals surface area contributed by atoms with Crippen LogP contribution < -0.4 is 11.1 Å². The maximum absolute atomic E-state index is 12.2. The van der Waals surface area contributed by atoms with Crippen LogP contribution in [0.2, 0.25) is 0 Å². The van der Waals surface area contributed by atoms with Crippen molar-refractivity contribution >= 4 is 30.7 Å². The topological polar surface area (TPSA) is 67.6 Å². The van der Waals surface area contributed by atoms with E-state index in [1.54, 1.807) is 7.11 Å². The smallest absolute Gasteiger partial charge is 0.220 e. The third-order valence-corrected chi connectivity index (χ3v) is 5.52. The Hall–Kier alpha value is -0.0700. The number of halogens is 2. The molecule has 1 aliphatic carbocycles. The highest BCUT2D eigenvalue weighted by molar-refractivity contribution is 5.85. The molecular formula is C17H35Cl2N3O2. The van der Waals surface area contributed by atoms with Crippen LogP contribution >= 0.6 is 24.8 Å². The fourth-order valence-corrected chi connectivity index (χ4v) is 3.75. The average molecular weight is 384 g/mol. The molecule has 0 aromatic carbocycles. The fourth-order valence-electron chi connectivity index (χ4n) is 3.75. The summed E-state index contributed by atoms with van der Waals surface area (Å²) < 4.78 is 5.43. The summed E-state index contributed by atoms with van der Waals surface area (Å²) in [6.07, 6.45) is 6.46. The van der Waals surface area contributed by atoms with Crippen molar-refractivity contribution in [2.24, 2.45) is 11.7 Å². The zero-order valence-electron chi connectivity index (χ0n) is 15.3. The van der Waals surface area contributed by atoms with Gasteiger partial charge in [0.25, 0.3) is 0 Å². The number of nitrogens with two attached hydrogens (primary N) is 1. The Kier molecular flexibility index (Phi) is 10.8. The van der Waals surface area contributed by atoms with Gasteiger partial charge in [0.1, 0.15) is 0 Å². The van der Waals surface area contributed by atoms with Gasteiger partial charge in [0.05, 0.1) is 6.10 Å². The van der Waals surface area contributed by atoms with E-state index in [4.69, 9.17) is 10.5 Å². The van der Waals surface area contributed by atoms with Gasteiger partial charge in [-0.05, 0) is 45.4 Å². The number of methoxy groups -OCH3 is 1. The van der Waals surface area contributed by atoms with Gasteiger partial charge in [-0.3, -0.25) is 9.69 Å². The molecule has 0 bridgehead atoms. The van der Waals surface area contributed by atoms with Crippen LogP contribution in [0.15, 0.2) is 0 Å². The van der Waals surface area contributed by atoms with Crippen molar-refractivity contribution < 1.29 is 9.53 Å². The van der Waals surface area contributed by atoms with Crippen molar-refractivity contribution in [1.29, 1.82) is 0 Å². The van der Waals surface area contributed by atoms with Gasteiger partial charge in [-0.15, -0.1) is 24.8 Å². The second-order valence-electron chi connectivity index (χ2n) is 7.57. The largest absolute Gasteiger partial charge is 0.381 e. The minimum absolute atomic E-state index is 0. The lowest BCUT2D eigenvalue weighted by molar-refractivity contribution is -0.122. The number of likely N-dealkylation sites (tertiary alicyclic amines) is 1. The van der Waals surface area contributed by atoms with Crippen LogP contribution in [-0.2, 0) is 9.53 Å². The van der Waals surface area contributed by atoms with E-state index in [1.165, 1.54) is 6.42 Å². The summed E-state index contributed by atoms with van der Waals surface area (Å²) >= 11 is 0. The molecule has 144 valence electrons. The third kappa shape index (κ3) is 6.68. The molecule has 7 heteroatoms. The number of nitrogens with zero attached hydrogens (tertiary/aromatic N) is 1. The van der Waals surface area contributed by atoms with Gasteiger partial charge >= 0.3 is 0 Å². The Morgan fingerprint density at radius 1 is 1.21 bits per heavy atom. The summed E-state index contributed by atoms with van der Waals surface area (Å²) in [5, 5.41) is 3.13. The number of nitrogens with one attached hydrogen (secondary N) is 1. The molecule has 1 saturated carbocycles. The standard InChI is InChI=1S/C17H33N3O2.2ClH/c1-17(2,20-9-7-14(22-3)8-10-20)12-19-16(21)11-13-5-4-6-15(13)18;;/h13-15H,4-12,18H2,1-3H3,(H,19,21);2*1H/t13-,15+;;/m0../s1. The van der Waals surface area contributed by atoms with Crippen LogP contribution in [0.25, 0.3) is 0 Å². The first-order valence-electron chi connectivity index (χ1n) is 8.72. The molecule has 2 fully saturated rings. The van der Waals surface area contributed by atoms with Crippen molar-refractivity contribution in [1.82, 2.24) is 10.2 Å². The highest BCUT2D eigenvalue weighted by Gasteiger charge is 2.32. The van der Waals surface area contributed by atoms with Crippen LogP contribution in [0.4, 0.5) is 0 Å². The number of ether oxygens (including phenoxy) is 1. The van der Waals surface area contributed by atoms with E-state index in [9.17, 15) is 4.79 Å². The second-order valence-corrected chi connectivity index (χ2v) is 7.57. The zero-order chi connectivity index (χ0) is 16.2. The van der Waals surface area contributed by atoms with Crippen LogP contribution in [0, 0.1) is 5.92 Å². The molecular weight excluding hydrogens is 349 g/mol. The summed E-state index contributed by atoms with van der Waals surface area (Å²) in [5.41, 5.74) is 6.04. The number of piperidine rings is 1. The zero-order valence-corrected chi connectivity index (χ0v) is 16.9. The molecule has 2 aliphatic rings. The predicted molar refractivity (Wildman–Crippen MR) is 103 cm³/mol. The summed E-state index contributed by atoms with van der Waals surface area (Å²) in [7, 11) is 1.79. The van der Waals surface area contributed by atoms with Crippen molar-refractivity contribution in [2.45, 2.75) is 70.1 Å². The van der Waals surface area contributed by atoms with Gasteiger partial charge in [0.15, 0.2) is 0 Å². The van der Waals surface area contributed by atoms with Gasteiger partial charge in [0, 0.05) is 44.7 Å². The lowest BCUT2D eigenvalue weighted by Gasteiger charge is -2.42. The molecule has 1 aliphatic heterocycles. The molecule has 0 aromatic rings. The number of amides is 1. The number of rotatable bonds is 6. The number of carbonyl (C=O) groups is 1. The van der Waals surface area contributed by atoms with Crippen LogP contribution in [0.5, 0.6) is 0 Å². The molecule has 2 atom stereocenters. The summed E-state index contributed by atoms with van der Waals surface area (Å²) in [6, 6.07) is 0.215. The summed E-state index contributed by atoms with van der Waals surface area (Å²) in [6.45, 7) is 7.19. The molecule has 1 heterocycles. The average Bonchev–Trinajstić information content (AvgIpc) is 2.90. The van der Waals surface area contributed by atoms with Gasteiger partial charge in [-0.1, -0.05) is 6.42 Å².